The lowest BCUT2D eigenvalue weighted by atomic mass is 10.0. The van der Waals surface area contributed by atoms with E-state index in [1.54, 1.807) is 18.7 Å². The van der Waals surface area contributed by atoms with Gasteiger partial charge in [0, 0.05) is 25.6 Å². The average Bonchev–Trinajstić information content (AvgIpc) is 3.14. The zero-order valence-corrected chi connectivity index (χ0v) is 14.9. The molecule has 7 heteroatoms. The molecule has 1 aromatic heterocycles. The highest BCUT2D eigenvalue weighted by Gasteiger charge is 2.36. The Morgan fingerprint density at radius 3 is 2.64 bits per heavy atom. The fourth-order valence-corrected chi connectivity index (χ4v) is 3.00. The number of rotatable bonds is 4. The largest absolute Gasteiger partial charge is 0.344 e. The highest BCUT2D eigenvalue weighted by atomic mass is 16.5. The molecule has 1 saturated heterocycles. The molecule has 0 radical (unpaired) electrons. The van der Waals surface area contributed by atoms with Gasteiger partial charge in [0.05, 0.1) is 11.5 Å². The number of carbonyl (C=O) groups is 2. The molecule has 2 amide bonds. The Labute approximate surface area is 146 Å². The SMILES string of the molecule is CC(=O)NC(C)(C)c1noc([C@@H]2CC(=O)N(c3ccc(C)cc3)C2)n1. The molecule has 25 heavy (non-hydrogen) atoms. The van der Waals surface area contributed by atoms with Crippen LogP contribution < -0.4 is 10.2 Å². The van der Waals surface area contributed by atoms with Gasteiger partial charge >= 0.3 is 0 Å². The van der Waals surface area contributed by atoms with Gasteiger partial charge in [-0.05, 0) is 32.9 Å². The molecule has 1 aromatic carbocycles. The monoisotopic (exact) mass is 342 g/mol. The minimum atomic E-state index is -0.729. The summed E-state index contributed by atoms with van der Waals surface area (Å²) < 4.78 is 5.38. The Kier molecular flexibility index (Phi) is 4.32. The lowest BCUT2D eigenvalue weighted by Gasteiger charge is -2.21. The zero-order valence-electron chi connectivity index (χ0n) is 14.9. The van der Waals surface area contributed by atoms with E-state index in [-0.39, 0.29) is 17.7 Å². The second-order valence-corrected chi connectivity index (χ2v) is 7.00. The first-order valence-corrected chi connectivity index (χ1v) is 8.26. The van der Waals surface area contributed by atoms with Crippen LogP contribution in [-0.2, 0) is 15.1 Å². The first-order valence-electron chi connectivity index (χ1n) is 8.26. The molecule has 1 aliphatic rings. The van der Waals surface area contributed by atoms with Crippen LogP contribution in [0, 0.1) is 6.92 Å². The van der Waals surface area contributed by atoms with E-state index in [2.05, 4.69) is 15.5 Å². The summed E-state index contributed by atoms with van der Waals surface area (Å²) in [5.74, 6) is 0.547. The third-order valence-electron chi connectivity index (χ3n) is 4.31. The number of aromatic nitrogens is 2. The number of benzene rings is 1. The number of hydrogen-bond acceptors (Lipinski definition) is 5. The van der Waals surface area contributed by atoms with E-state index in [1.165, 1.54) is 6.92 Å². The topological polar surface area (TPSA) is 88.3 Å². The molecule has 1 atom stereocenters. The number of nitrogens with one attached hydrogen (secondary N) is 1. The maximum atomic E-state index is 12.4. The number of nitrogens with zero attached hydrogens (tertiary/aromatic N) is 3. The molecule has 0 spiro atoms. The number of hydrogen-bond donors (Lipinski definition) is 1. The molecule has 132 valence electrons. The second kappa shape index (κ2) is 6.31. The molecule has 1 fully saturated rings. The van der Waals surface area contributed by atoms with Crippen molar-refractivity contribution in [1.29, 1.82) is 0 Å². The lowest BCUT2D eigenvalue weighted by Crippen LogP contribution is -2.40. The van der Waals surface area contributed by atoms with Gasteiger partial charge in [-0.15, -0.1) is 0 Å². The van der Waals surface area contributed by atoms with Crippen molar-refractivity contribution >= 4 is 17.5 Å². The Balaban J connectivity index is 1.77. The van der Waals surface area contributed by atoms with Gasteiger partial charge in [-0.25, -0.2) is 0 Å². The highest BCUT2D eigenvalue weighted by molar-refractivity contribution is 5.96. The first-order chi connectivity index (χ1) is 11.8. The van der Waals surface area contributed by atoms with Crippen LogP contribution in [0.4, 0.5) is 5.69 Å². The normalized spacial score (nSPS) is 17.8. The summed E-state index contributed by atoms with van der Waals surface area (Å²) in [6.45, 7) is 7.57. The summed E-state index contributed by atoms with van der Waals surface area (Å²) in [4.78, 5) is 29.9. The predicted molar refractivity (Wildman–Crippen MR) is 92.0 cm³/mol. The van der Waals surface area contributed by atoms with Crippen molar-refractivity contribution in [2.24, 2.45) is 0 Å². The molecule has 7 nitrogen and oxygen atoms in total. The minimum absolute atomic E-state index is 0.0368. The van der Waals surface area contributed by atoms with Gasteiger partial charge in [0.2, 0.25) is 17.7 Å². The molecular formula is C18H22N4O3. The van der Waals surface area contributed by atoms with Crippen LogP contribution in [0.1, 0.15) is 50.4 Å². The molecule has 0 unspecified atom stereocenters. The quantitative estimate of drug-likeness (QED) is 0.921. The third kappa shape index (κ3) is 3.55. The number of carbonyl (C=O) groups excluding carboxylic acids is 2. The van der Waals surface area contributed by atoms with E-state index < -0.39 is 5.54 Å². The van der Waals surface area contributed by atoms with Gasteiger partial charge in [-0.3, -0.25) is 9.59 Å². The molecule has 0 aliphatic carbocycles. The highest BCUT2D eigenvalue weighted by Crippen LogP contribution is 2.32. The summed E-state index contributed by atoms with van der Waals surface area (Å²) in [5, 5.41) is 6.78. The fraction of sp³-hybridized carbons (Fsp3) is 0.444. The van der Waals surface area contributed by atoms with Crippen LogP contribution in [0.25, 0.3) is 0 Å². The van der Waals surface area contributed by atoms with Crippen molar-refractivity contribution in [2.45, 2.75) is 45.6 Å². The van der Waals surface area contributed by atoms with Crippen molar-refractivity contribution in [3.05, 3.63) is 41.5 Å². The van der Waals surface area contributed by atoms with Crippen LogP contribution in [0.3, 0.4) is 0 Å². The van der Waals surface area contributed by atoms with Gasteiger partial charge in [0.25, 0.3) is 0 Å². The van der Waals surface area contributed by atoms with Crippen molar-refractivity contribution in [3.63, 3.8) is 0 Å². The van der Waals surface area contributed by atoms with Gasteiger partial charge < -0.3 is 14.7 Å². The third-order valence-corrected chi connectivity index (χ3v) is 4.31. The Hall–Kier alpha value is -2.70. The predicted octanol–water partition coefficient (Wildman–Crippen LogP) is 2.27. The van der Waals surface area contributed by atoms with Crippen molar-refractivity contribution < 1.29 is 14.1 Å². The lowest BCUT2D eigenvalue weighted by molar-refractivity contribution is -0.120. The van der Waals surface area contributed by atoms with Gasteiger partial charge in [0.1, 0.15) is 0 Å². The van der Waals surface area contributed by atoms with Crippen LogP contribution in [0.2, 0.25) is 0 Å². The van der Waals surface area contributed by atoms with Crippen molar-refractivity contribution in [3.8, 4) is 0 Å². The molecule has 1 aliphatic heterocycles. The molecule has 2 heterocycles. The van der Waals surface area contributed by atoms with Crippen LogP contribution in [0.5, 0.6) is 0 Å². The first kappa shape index (κ1) is 17.1. The van der Waals surface area contributed by atoms with Gasteiger partial charge in [-0.1, -0.05) is 22.9 Å². The maximum Gasteiger partial charge on any atom is 0.232 e. The smallest absolute Gasteiger partial charge is 0.232 e. The Morgan fingerprint density at radius 2 is 2.00 bits per heavy atom. The average molecular weight is 342 g/mol. The Bertz CT molecular complexity index is 795. The van der Waals surface area contributed by atoms with Crippen molar-refractivity contribution in [1.82, 2.24) is 15.5 Å². The maximum absolute atomic E-state index is 12.4. The van der Waals surface area contributed by atoms with Gasteiger partial charge in [-0.2, -0.15) is 4.98 Å². The summed E-state index contributed by atoms with van der Waals surface area (Å²) in [7, 11) is 0. The van der Waals surface area contributed by atoms with E-state index in [0.717, 1.165) is 11.3 Å². The summed E-state index contributed by atoms with van der Waals surface area (Å²) in [6, 6.07) is 7.84. The van der Waals surface area contributed by atoms with E-state index in [0.29, 0.717) is 24.7 Å². The number of aryl methyl sites for hydroxylation is 1. The standard InChI is InChI=1S/C18H22N4O3/c1-11-5-7-14(8-6-11)22-10-13(9-15(22)24)16-19-17(21-25-16)18(3,4)20-12(2)23/h5-8,13H,9-10H2,1-4H3,(H,20,23)/t13-/m1/s1. The fourth-order valence-electron chi connectivity index (χ4n) is 3.00. The second-order valence-electron chi connectivity index (χ2n) is 7.00. The number of anilines is 1. The van der Waals surface area contributed by atoms with Crippen LogP contribution >= 0.6 is 0 Å². The Morgan fingerprint density at radius 1 is 1.32 bits per heavy atom. The summed E-state index contributed by atoms with van der Waals surface area (Å²) in [6.07, 6.45) is 0.329. The number of amides is 2. The van der Waals surface area contributed by atoms with Crippen LogP contribution in [-0.4, -0.2) is 28.5 Å². The molecule has 2 aromatic rings. The van der Waals surface area contributed by atoms with E-state index in [4.69, 9.17) is 4.52 Å². The molecule has 0 saturated carbocycles. The molecular weight excluding hydrogens is 320 g/mol. The molecule has 1 N–H and O–H groups in total. The molecule has 3 rings (SSSR count). The zero-order chi connectivity index (χ0) is 18.2. The summed E-state index contributed by atoms with van der Waals surface area (Å²) >= 11 is 0. The van der Waals surface area contributed by atoms with E-state index in [1.807, 2.05) is 31.2 Å². The minimum Gasteiger partial charge on any atom is -0.344 e. The van der Waals surface area contributed by atoms with E-state index >= 15 is 0 Å². The van der Waals surface area contributed by atoms with Crippen LogP contribution in [0.15, 0.2) is 28.8 Å². The summed E-state index contributed by atoms with van der Waals surface area (Å²) in [5.41, 5.74) is 1.29. The molecule has 0 bridgehead atoms. The van der Waals surface area contributed by atoms with Crippen molar-refractivity contribution in [2.75, 3.05) is 11.4 Å². The van der Waals surface area contributed by atoms with Gasteiger partial charge in [0.15, 0.2) is 5.82 Å². The van der Waals surface area contributed by atoms with E-state index in [9.17, 15) is 9.59 Å².